The number of aromatic nitrogens is 2. The molecule has 3 rings (SSSR count). The topological polar surface area (TPSA) is 131 Å². The van der Waals surface area contributed by atoms with Crippen molar-refractivity contribution in [3.05, 3.63) is 57.5 Å². The number of carbonyl (C=O) groups is 1. The zero-order valence-corrected chi connectivity index (χ0v) is 15.9. The van der Waals surface area contributed by atoms with E-state index < -0.39 is 41.1 Å². The molecule has 2 atom stereocenters. The normalized spacial score (nSPS) is 18.3. The van der Waals surface area contributed by atoms with Crippen molar-refractivity contribution in [2.45, 2.75) is 31.6 Å². The van der Waals surface area contributed by atoms with Crippen LogP contribution in [0.3, 0.4) is 0 Å². The van der Waals surface area contributed by atoms with E-state index in [1.807, 2.05) is 0 Å². The SMILES string of the molecule is Cc1cc(C(F)(F)F)c(C#N)c(N2CC[C@@H](N=[N+]=[N-])[C@H]2C(=O)Nc2ccc(F)cn2)n1. The first kappa shape index (κ1) is 21.8. The molecule has 1 saturated heterocycles. The average Bonchev–Trinajstić information content (AvgIpc) is 3.12. The number of nitrogens with one attached hydrogen (secondary N) is 1. The third-order valence-electron chi connectivity index (χ3n) is 4.63. The number of alkyl halides is 3. The maximum atomic E-state index is 13.5. The molecule has 160 valence electrons. The van der Waals surface area contributed by atoms with Crippen molar-refractivity contribution in [3.63, 3.8) is 0 Å². The number of pyridine rings is 2. The second kappa shape index (κ2) is 8.45. The molecule has 1 aliphatic rings. The quantitative estimate of drug-likeness (QED) is 0.339. The van der Waals surface area contributed by atoms with E-state index in [0.29, 0.717) is 0 Å². The summed E-state index contributed by atoms with van der Waals surface area (Å²) >= 11 is 0. The Labute approximate surface area is 173 Å². The van der Waals surface area contributed by atoms with E-state index in [1.165, 1.54) is 24.0 Å². The van der Waals surface area contributed by atoms with Crippen LogP contribution < -0.4 is 10.2 Å². The Kier molecular flexibility index (Phi) is 5.94. The minimum Gasteiger partial charge on any atom is -0.343 e. The number of amides is 1. The van der Waals surface area contributed by atoms with Crippen molar-refractivity contribution >= 4 is 17.5 Å². The maximum absolute atomic E-state index is 13.5. The fourth-order valence-corrected chi connectivity index (χ4v) is 3.37. The molecule has 31 heavy (non-hydrogen) atoms. The van der Waals surface area contributed by atoms with E-state index in [1.54, 1.807) is 0 Å². The summed E-state index contributed by atoms with van der Waals surface area (Å²) in [4.78, 5) is 24.6. The molecule has 0 saturated carbocycles. The molecule has 0 spiro atoms. The Balaban J connectivity index is 2.06. The molecule has 0 radical (unpaired) electrons. The van der Waals surface area contributed by atoms with Crippen molar-refractivity contribution in [3.8, 4) is 6.07 Å². The van der Waals surface area contributed by atoms with Gasteiger partial charge in [-0.15, -0.1) is 0 Å². The van der Waals surface area contributed by atoms with Crippen LogP contribution in [0.2, 0.25) is 0 Å². The molecule has 1 N–H and O–H groups in total. The Hall–Kier alpha value is -3.91. The van der Waals surface area contributed by atoms with E-state index in [2.05, 4.69) is 25.3 Å². The van der Waals surface area contributed by atoms with Crippen molar-refractivity contribution in [2.24, 2.45) is 5.11 Å². The van der Waals surface area contributed by atoms with Crippen LogP contribution >= 0.6 is 0 Å². The fraction of sp³-hybridized carbons (Fsp3) is 0.333. The summed E-state index contributed by atoms with van der Waals surface area (Å²) in [5, 5.41) is 15.4. The third kappa shape index (κ3) is 4.49. The average molecular weight is 434 g/mol. The Morgan fingerprint density at radius 3 is 2.77 bits per heavy atom. The van der Waals surface area contributed by atoms with Gasteiger partial charge in [-0.2, -0.15) is 18.4 Å². The first-order valence-electron chi connectivity index (χ1n) is 8.88. The summed E-state index contributed by atoms with van der Waals surface area (Å²) in [7, 11) is 0. The van der Waals surface area contributed by atoms with Gasteiger partial charge in [0.1, 0.15) is 35.1 Å². The van der Waals surface area contributed by atoms with Crippen LogP contribution in [0, 0.1) is 24.1 Å². The molecule has 3 heterocycles. The second-order valence-electron chi connectivity index (χ2n) is 6.67. The van der Waals surface area contributed by atoms with Crippen molar-refractivity contribution in [2.75, 3.05) is 16.8 Å². The van der Waals surface area contributed by atoms with Crippen LogP contribution in [0.15, 0.2) is 29.5 Å². The van der Waals surface area contributed by atoms with Crippen molar-refractivity contribution in [1.82, 2.24) is 9.97 Å². The van der Waals surface area contributed by atoms with Crippen LogP contribution in [0.1, 0.15) is 23.2 Å². The lowest BCUT2D eigenvalue weighted by Gasteiger charge is -2.28. The zero-order chi connectivity index (χ0) is 22.8. The summed E-state index contributed by atoms with van der Waals surface area (Å²) in [6.45, 7) is 1.35. The van der Waals surface area contributed by atoms with Gasteiger partial charge in [0.25, 0.3) is 0 Å². The van der Waals surface area contributed by atoms with Gasteiger partial charge in [-0.1, -0.05) is 5.11 Å². The molecule has 2 aromatic heterocycles. The maximum Gasteiger partial charge on any atom is 0.417 e. The van der Waals surface area contributed by atoms with Gasteiger partial charge in [0.05, 0.1) is 17.8 Å². The van der Waals surface area contributed by atoms with Gasteiger partial charge >= 0.3 is 6.18 Å². The number of hydrogen-bond donors (Lipinski definition) is 1. The summed E-state index contributed by atoms with van der Waals surface area (Å²) in [6, 6.07) is 2.34. The molecule has 1 fully saturated rings. The number of rotatable bonds is 4. The van der Waals surface area contributed by atoms with E-state index >= 15 is 0 Å². The zero-order valence-electron chi connectivity index (χ0n) is 15.9. The molecule has 1 aliphatic heterocycles. The van der Waals surface area contributed by atoms with Gasteiger partial charge in [-0.3, -0.25) is 4.79 Å². The number of carbonyl (C=O) groups excluding carboxylic acids is 1. The van der Waals surface area contributed by atoms with Crippen molar-refractivity contribution < 1.29 is 22.4 Å². The summed E-state index contributed by atoms with van der Waals surface area (Å²) < 4.78 is 53.5. The number of hydrogen-bond acceptors (Lipinski definition) is 6. The number of halogens is 4. The third-order valence-corrected chi connectivity index (χ3v) is 4.63. The van der Waals surface area contributed by atoms with E-state index in [-0.39, 0.29) is 30.3 Å². The minimum atomic E-state index is -4.81. The molecule has 0 bridgehead atoms. The van der Waals surface area contributed by atoms with Crippen LogP contribution in [0.25, 0.3) is 10.4 Å². The van der Waals surface area contributed by atoms with E-state index in [9.17, 15) is 27.6 Å². The lowest BCUT2D eigenvalue weighted by atomic mass is 10.1. The molecular weight excluding hydrogens is 420 g/mol. The van der Waals surface area contributed by atoms with Gasteiger partial charge < -0.3 is 10.2 Å². The number of azide groups is 1. The summed E-state index contributed by atoms with van der Waals surface area (Å²) in [5.41, 5.74) is 6.91. The first-order valence-corrected chi connectivity index (χ1v) is 8.88. The van der Waals surface area contributed by atoms with Gasteiger partial charge in [0.2, 0.25) is 5.91 Å². The van der Waals surface area contributed by atoms with Crippen molar-refractivity contribution in [1.29, 1.82) is 5.26 Å². The van der Waals surface area contributed by atoms with Gasteiger partial charge in [-0.25, -0.2) is 14.4 Å². The van der Waals surface area contributed by atoms with E-state index in [0.717, 1.165) is 18.3 Å². The van der Waals surface area contributed by atoms with Crippen LogP contribution in [-0.2, 0) is 11.0 Å². The molecule has 13 heteroatoms. The highest BCUT2D eigenvalue weighted by atomic mass is 19.4. The van der Waals surface area contributed by atoms with E-state index in [4.69, 9.17) is 5.53 Å². The molecule has 2 aromatic rings. The fourth-order valence-electron chi connectivity index (χ4n) is 3.37. The van der Waals surface area contributed by atoms with Crippen LogP contribution in [0.4, 0.5) is 29.2 Å². The molecule has 0 aliphatic carbocycles. The highest BCUT2D eigenvalue weighted by Gasteiger charge is 2.43. The number of nitriles is 1. The lowest BCUT2D eigenvalue weighted by molar-refractivity contribution is -0.137. The standard InChI is InChI=1S/C18H14F4N8O/c1-9-6-12(18(20,21)22)11(7-23)16(26-9)30-5-4-13(28-29-24)15(30)17(31)27-14-3-2-10(19)8-25-14/h2-3,6,8,13,15H,4-5H2,1H3,(H,25,27,31)/t13-,15+/m1/s1. The predicted octanol–water partition coefficient (Wildman–Crippen LogP) is 3.71. The lowest BCUT2D eigenvalue weighted by Crippen LogP contribution is -2.45. The largest absolute Gasteiger partial charge is 0.417 e. The predicted molar refractivity (Wildman–Crippen MR) is 100 cm³/mol. The molecule has 1 amide bonds. The number of anilines is 2. The molecule has 9 nitrogen and oxygen atoms in total. The van der Waals surface area contributed by atoms with Crippen LogP contribution in [0.5, 0.6) is 0 Å². The van der Waals surface area contributed by atoms with Crippen LogP contribution in [-0.4, -0.2) is 34.5 Å². The Bertz CT molecular complexity index is 1090. The highest BCUT2D eigenvalue weighted by Crippen LogP contribution is 2.38. The highest BCUT2D eigenvalue weighted by molar-refractivity contribution is 5.97. The minimum absolute atomic E-state index is 0.00656. The van der Waals surface area contributed by atoms with Gasteiger partial charge in [0.15, 0.2) is 0 Å². The molecular formula is C18H14F4N8O. The summed E-state index contributed by atoms with van der Waals surface area (Å²) in [5.74, 6) is -1.73. The monoisotopic (exact) mass is 434 g/mol. The number of nitrogens with zero attached hydrogens (tertiary/aromatic N) is 7. The van der Waals surface area contributed by atoms with Gasteiger partial charge in [0, 0.05) is 17.2 Å². The van der Waals surface area contributed by atoms with Gasteiger partial charge in [-0.05, 0) is 37.1 Å². The summed E-state index contributed by atoms with van der Waals surface area (Å²) in [6.07, 6.45) is -3.80. The molecule has 0 unspecified atom stereocenters. The number of aryl methyl sites for hydroxylation is 1. The smallest absolute Gasteiger partial charge is 0.343 e. The Morgan fingerprint density at radius 1 is 1.45 bits per heavy atom. The molecule has 0 aromatic carbocycles. The Morgan fingerprint density at radius 2 is 2.19 bits per heavy atom. The first-order chi connectivity index (χ1) is 14.7. The second-order valence-corrected chi connectivity index (χ2v) is 6.67.